The maximum Gasteiger partial charge on any atom is 0.287 e. The number of rotatable bonds is 4. The van der Waals surface area contributed by atoms with Crippen molar-refractivity contribution >= 4 is 56.8 Å². The van der Waals surface area contributed by atoms with Gasteiger partial charge in [0.2, 0.25) is 11.7 Å². The van der Waals surface area contributed by atoms with Crippen molar-refractivity contribution in [1.82, 2.24) is 24.6 Å². The first-order chi connectivity index (χ1) is 16.8. The van der Waals surface area contributed by atoms with Crippen LogP contribution in [0.3, 0.4) is 0 Å². The van der Waals surface area contributed by atoms with Crippen LogP contribution in [0, 0.1) is 11.6 Å². The standard InChI is InChI=1S/C22H15ClF2N6O3S/c1-26-22(34)20-28-19(29-21(33)17-11-4-2-10(25)7-14(11)35-30-17)18-16(27-15(32)8-31(18)20)12-6-9(24)3-5-13(12)23/h2-7,16H,8H2,1H3,(H,26,34)(H,27,32)(H,29,33). The van der Waals surface area contributed by atoms with Gasteiger partial charge in [0.25, 0.3) is 11.8 Å². The molecular weight excluding hydrogens is 502 g/mol. The highest BCUT2D eigenvalue weighted by atomic mass is 35.5. The Morgan fingerprint density at radius 1 is 1.17 bits per heavy atom. The summed E-state index contributed by atoms with van der Waals surface area (Å²) in [7, 11) is 1.40. The molecule has 178 valence electrons. The van der Waals surface area contributed by atoms with Crippen molar-refractivity contribution in [2.75, 3.05) is 12.4 Å². The maximum absolute atomic E-state index is 14.1. The minimum Gasteiger partial charge on any atom is -0.352 e. The van der Waals surface area contributed by atoms with Crippen molar-refractivity contribution in [2.24, 2.45) is 0 Å². The zero-order chi connectivity index (χ0) is 24.9. The van der Waals surface area contributed by atoms with E-state index in [4.69, 9.17) is 11.6 Å². The lowest BCUT2D eigenvalue weighted by molar-refractivity contribution is -0.123. The van der Waals surface area contributed by atoms with Gasteiger partial charge in [0.15, 0.2) is 5.82 Å². The number of imidazole rings is 1. The minimum absolute atomic E-state index is 0.0356. The van der Waals surface area contributed by atoms with Gasteiger partial charge in [0.1, 0.15) is 23.9 Å². The zero-order valence-corrected chi connectivity index (χ0v) is 19.4. The van der Waals surface area contributed by atoms with Crippen LogP contribution >= 0.6 is 23.1 Å². The number of hydrogen-bond acceptors (Lipinski definition) is 6. The van der Waals surface area contributed by atoms with Gasteiger partial charge in [-0.25, -0.2) is 13.8 Å². The van der Waals surface area contributed by atoms with Crippen LogP contribution in [0.4, 0.5) is 14.6 Å². The van der Waals surface area contributed by atoms with Crippen LogP contribution in [-0.2, 0) is 11.3 Å². The number of halogens is 3. The van der Waals surface area contributed by atoms with Gasteiger partial charge in [-0.2, -0.15) is 4.37 Å². The van der Waals surface area contributed by atoms with Gasteiger partial charge < -0.3 is 20.5 Å². The third-order valence-corrected chi connectivity index (χ3v) is 6.62. The smallest absolute Gasteiger partial charge is 0.287 e. The van der Waals surface area contributed by atoms with Crippen molar-refractivity contribution in [2.45, 2.75) is 12.6 Å². The van der Waals surface area contributed by atoms with Gasteiger partial charge in [-0.15, -0.1) is 0 Å². The molecule has 35 heavy (non-hydrogen) atoms. The van der Waals surface area contributed by atoms with Gasteiger partial charge in [0.05, 0.1) is 16.4 Å². The SMILES string of the molecule is CNC(=O)c1nc(NC(=O)c2nsc3cc(F)ccc23)c2n1CC(=O)NC2c1cc(F)ccc1Cl. The molecule has 3 amide bonds. The molecule has 0 saturated carbocycles. The molecule has 4 aromatic rings. The summed E-state index contributed by atoms with van der Waals surface area (Å²) in [5, 5.41) is 8.41. The van der Waals surface area contributed by atoms with Crippen molar-refractivity contribution in [1.29, 1.82) is 0 Å². The molecule has 0 aliphatic carbocycles. The highest BCUT2D eigenvalue weighted by molar-refractivity contribution is 7.13. The average Bonchev–Trinajstić information content (AvgIpc) is 3.40. The van der Waals surface area contributed by atoms with Crippen molar-refractivity contribution in [3.8, 4) is 0 Å². The monoisotopic (exact) mass is 516 g/mol. The normalized spacial score (nSPS) is 15.0. The summed E-state index contributed by atoms with van der Waals surface area (Å²) in [4.78, 5) is 42.5. The van der Waals surface area contributed by atoms with E-state index in [2.05, 4.69) is 25.3 Å². The van der Waals surface area contributed by atoms with E-state index < -0.39 is 35.4 Å². The number of anilines is 1. The Hall–Kier alpha value is -3.90. The molecule has 0 saturated heterocycles. The molecular formula is C22H15ClF2N6O3S. The first-order valence-corrected chi connectivity index (χ1v) is 11.3. The minimum atomic E-state index is -1.01. The van der Waals surface area contributed by atoms with E-state index in [0.29, 0.717) is 10.1 Å². The predicted molar refractivity (Wildman–Crippen MR) is 125 cm³/mol. The molecule has 3 N–H and O–H groups in total. The molecule has 13 heteroatoms. The van der Waals surface area contributed by atoms with E-state index in [1.54, 1.807) is 0 Å². The summed E-state index contributed by atoms with van der Waals surface area (Å²) in [6.07, 6.45) is 0. The van der Waals surface area contributed by atoms with E-state index in [1.165, 1.54) is 41.9 Å². The quantitative estimate of drug-likeness (QED) is 0.385. The predicted octanol–water partition coefficient (Wildman–Crippen LogP) is 3.26. The van der Waals surface area contributed by atoms with Crippen LogP contribution in [-0.4, -0.2) is 38.7 Å². The number of carbonyl (C=O) groups excluding carboxylic acids is 3. The molecule has 0 spiro atoms. The molecule has 3 heterocycles. The summed E-state index contributed by atoms with van der Waals surface area (Å²) < 4.78 is 33.6. The van der Waals surface area contributed by atoms with Gasteiger partial charge in [-0.05, 0) is 47.9 Å². The fourth-order valence-corrected chi connectivity index (χ4v) is 4.94. The summed E-state index contributed by atoms with van der Waals surface area (Å²) in [5.74, 6) is -2.94. The maximum atomic E-state index is 14.1. The van der Waals surface area contributed by atoms with E-state index >= 15 is 0 Å². The Labute approximate surface area is 205 Å². The average molecular weight is 517 g/mol. The number of carbonyl (C=O) groups is 3. The highest BCUT2D eigenvalue weighted by Crippen LogP contribution is 2.36. The van der Waals surface area contributed by atoms with Crippen LogP contribution in [0.15, 0.2) is 36.4 Å². The van der Waals surface area contributed by atoms with Crippen LogP contribution in [0.2, 0.25) is 5.02 Å². The molecule has 1 aliphatic heterocycles. The number of hydrogen-bond donors (Lipinski definition) is 3. The second kappa shape index (κ2) is 8.71. The molecule has 1 atom stereocenters. The summed E-state index contributed by atoms with van der Waals surface area (Å²) >= 11 is 7.26. The number of amides is 3. The molecule has 0 radical (unpaired) electrons. The van der Waals surface area contributed by atoms with E-state index in [0.717, 1.165) is 17.6 Å². The van der Waals surface area contributed by atoms with Crippen LogP contribution in [0.25, 0.3) is 10.1 Å². The van der Waals surface area contributed by atoms with Crippen molar-refractivity contribution < 1.29 is 23.2 Å². The largest absolute Gasteiger partial charge is 0.352 e. The van der Waals surface area contributed by atoms with Gasteiger partial charge in [0, 0.05) is 23.0 Å². The molecule has 0 fully saturated rings. The first kappa shape index (κ1) is 22.9. The molecule has 0 bridgehead atoms. The molecule has 1 aliphatic rings. The van der Waals surface area contributed by atoms with Gasteiger partial charge in [-0.1, -0.05) is 11.6 Å². The molecule has 2 aromatic carbocycles. The molecule has 9 nitrogen and oxygen atoms in total. The van der Waals surface area contributed by atoms with Crippen molar-refractivity contribution in [3.63, 3.8) is 0 Å². The summed E-state index contributed by atoms with van der Waals surface area (Å²) in [6, 6.07) is 6.58. The number of fused-ring (bicyclic) bond motifs is 2. The fourth-order valence-electron chi connectivity index (χ4n) is 3.92. The van der Waals surface area contributed by atoms with Gasteiger partial charge in [-0.3, -0.25) is 14.4 Å². The summed E-state index contributed by atoms with van der Waals surface area (Å²) in [6.45, 7) is -0.261. The molecule has 1 unspecified atom stereocenters. The molecule has 5 rings (SSSR count). The van der Waals surface area contributed by atoms with Crippen LogP contribution < -0.4 is 16.0 Å². The number of benzene rings is 2. The second-order valence-electron chi connectivity index (χ2n) is 7.63. The van der Waals surface area contributed by atoms with Crippen molar-refractivity contribution in [3.05, 3.63) is 75.8 Å². The first-order valence-electron chi connectivity index (χ1n) is 10.2. The number of nitrogens with one attached hydrogen (secondary N) is 3. The Morgan fingerprint density at radius 3 is 2.69 bits per heavy atom. The lowest BCUT2D eigenvalue weighted by Crippen LogP contribution is -2.41. The van der Waals surface area contributed by atoms with E-state index in [1.807, 2.05) is 0 Å². The molecule has 2 aromatic heterocycles. The van der Waals surface area contributed by atoms with Gasteiger partial charge >= 0.3 is 0 Å². The lowest BCUT2D eigenvalue weighted by atomic mass is 10.0. The second-order valence-corrected chi connectivity index (χ2v) is 8.84. The summed E-state index contributed by atoms with van der Waals surface area (Å²) in [5.41, 5.74) is 0.484. The zero-order valence-electron chi connectivity index (χ0n) is 17.9. The fraction of sp³-hybridized carbons (Fsp3) is 0.136. The van der Waals surface area contributed by atoms with E-state index in [-0.39, 0.29) is 40.2 Å². The topological polar surface area (TPSA) is 118 Å². The Balaban J connectivity index is 1.63. The van der Waals surface area contributed by atoms with Crippen LogP contribution in [0.1, 0.15) is 38.4 Å². The number of aromatic nitrogens is 3. The van der Waals surface area contributed by atoms with Crippen LogP contribution in [0.5, 0.6) is 0 Å². The Morgan fingerprint density at radius 2 is 1.91 bits per heavy atom. The Bertz CT molecular complexity index is 1540. The third-order valence-electron chi connectivity index (χ3n) is 5.47. The third kappa shape index (κ3) is 4.00. The Kier molecular flexibility index (Phi) is 5.69. The lowest BCUT2D eigenvalue weighted by Gasteiger charge is -2.28. The highest BCUT2D eigenvalue weighted by Gasteiger charge is 2.36. The van der Waals surface area contributed by atoms with E-state index in [9.17, 15) is 23.2 Å². The number of nitrogens with zero attached hydrogens (tertiary/aromatic N) is 3.